The minimum Gasteiger partial charge on any atom is -0.477 e. The highest BCUT2D eigenvalue weighted by Crippen LogP contribution is 2.35. The Morgan fingerprint density at radius 1 is 1.16 bits per heavy atom. The molecule has 0 fully saturated rings. The Morgan fingerprint density at radius 3 is 2.57 bits per heavy atom. The van der Waals surface area contributed by atoms with Gasteiger partial charge in [0.1, 0.15) is 17.0 Å². The second-order valence-electron chi connectivity index (χ2n) is 11.0. The van der Waals surface area contributed by atoms with Crippen molar-refractivity contribution in [2.75, 3.05) is 0 Å². The monoisotopic (exact) mass is 609 g/mol. The van der Waals surface area contributed by atoms with Crippen molar-refractivity contribution in [2.45, 2.75) is 65.3 Å². The fourth-order valence-electron chi connectivity index (χ4n) is 4.85. The lowest BCUT2D eigenvalue weighted by Gasteiger charge is -2.21. The molecule has 2 heterocycles. The second-order valence-corrected chi connectivity index (χ2v) is 11.0. The predicted octanol–water partition coefficient (Wildman–Crippen LogP) is 4.86. The summed E-state index contributed by atoms with van der Waals surface area (Å²) in [6.45, 7) is 4.90. The van der Waals surface area contributed by atoms with Crippen molar-refractivity contribution in [3.8, 4) is 5.75 Å². The largest absolute Gasteiger partial charge is 0.477 e. The lowest BCUT2D eigenvalue weighted by molar-refractivity contribution is -0.0499. The Hall–Kier alpha value is -4.91. The fourth-order valence-corrected chi connectivity index (χ4v) is 4.85. The average Bonchev–Trinajstić information content (AvgIpc) is 3.59. The highest BCUT2D eigenvalue weighted by Gasteiger charge is 2.30. The van der Waals surface area contributed by atoms with Gasteiger partial charge in [-0.3, -0.25) is 4.79 Å². The number of amides is 1. The molecule has 1 aliphatic carbocycles. The third-order valence-corrected chi connectivity index (χ3v) is 6.79. The van der Waals surface area contributed by atoms with Crippen molar-refractivity contribution in [1.82, 2.24) is 19.9 Å². The number of nitrogens with two attached hydrogens (primary N) is 1. The van der Waals surface area contributed by atoms with Gasteiger partial charge < -0.3 is 25.6 Å². The van der Waals surface area contributed by atoms with Gasteiger partial charge in [0.05, 0.1) is 17.8 Å². The number of fused-ring (bicyclic) bond motifs is 2. The molecule has 0 spiro atoms. The number of carboxylic acids is 1. The van der Waals surface area contributed by atoms with E-state index in [1.807, 2.05) is 33.8 Å². The van der Waals surface area contributed by atoms with Crippen LogP contribution in [0.15, 0.2) is 54.7 Å². The Bertz CT molecular complexity index is 1700. The fraction of sp³-hybridized carbons (Fsp3) is 0.323. The molecule has 13 heteroatoms. The van der Waals surface area contributed by atoms with E-state index in [1.165, 1.54) is 35.0 Å². The van der Waals surface area contributed by atoms with Crippen molar-refractivity contribution in [3.05, 3.63) is 93.9 Å². The molecule has 44 heavy (non-hydrogen) atoms. The number of carboxylic acid groups (broad SMARTS) is 1. The lowest BCUT2D eigenvalue weighted by Crippen LogP contribution is -2.29. The van der Waals surface area contributed by atoms with Gasteiger partial charge in [-0.25, -0.2) is 19.1 Å². The molecule has 2 aromatic carbocycles. The quantitative estimate of drug-likeness (QED) is 0.249. The SMILES string of the molecule is Cc1c(C(=O)OC(C)(C)C)ccc2c1CC[C@@H]2NC(=O)c1cc(C(=O)O)nc2ccnn12.NCc1cccc(OC(F)F)c1. The number of carbonyl (C=O) groups is 3. The smallest absolute Gasteiger partial charge is 0.387 e. The Morgan fingerprint density at radius 2 is 1.91 bits per heavy atom. The molecule has 0 saturated carbocycles. The number of aromatic nitrogens is 3. The molecule has 2 aromatic heterocycles. The van der Waals surface area contributed by atoms with Gasteiger partial charge in [0, 0.05) is 18.7 Å². The number of hydrogen-bond donors (Lipinski definition) is 3. The van der Waals surface area contributed by atoms with Crippen molar-refractivity contribution < 1.29 is 37.7 Å². The highest BCUT2D eigenvalue weighted by molar-refractivity contribution is 5.96. The first-order valence-corrected chi connectivity index (χ1v) is 13.8. The molecule has 1 aliphatic rings. The van der Waals surface area contributed by atoms with Gasteiger partial charge in [-0.15, -0.1) is 0 Å². The molecule has 4 aromatic rings. The van der Waals surface area contributed by atoms with Gasteiger partial charge in [-0.1, -0.05) is 18.2 Å². The molecule has 0 unspecified atom stereocenters. The first-order chi connectivity index (χ1) is 20.8. The summed E-state index contributed by atoms with van der Waals surface area (Å²) in [7, 11) is 0. The number of rotatable bonds is 7. The number of carbonyl (C=O) groups excluding carboxylic acids is 2. The molecule has 0 saturated heterocycles. The third-order valence-electron chi connectivity index (χ3n) is 6.79. The summed E-state index contributed by atoms with van der Waals surface area (Å²) in [6, 6.07) is 12.4. The summed E-state index contributed by atoms with van der Waals surface area (Å²) >= 11 is 0. The molecule has 1 amide bonds. The number of halogens is 2. The summed E-state index contributed by atoms with van der Waals surface area (Å²) in [6.07, 6.45) is 2.83. The standard InChI is InChI=1S/C23H24N4O5.C8H9F2NO/c1-12-13-7-8-16(15(13)6-5-14(12)22(31)32-23(2,3)4)26-20(28)18-11-17(21(29)30)25-19-9-10-24-27(18)19;9-8(10)12-7-3-1-2-6(4-7)5-11/h5-6,9-11,16H,7-8H2,1-4H3,(H,26,28)(H,29,30);1-4,8H,5,11H2/t16-;/m0./s1. The number of esters is 1. The number of alkyl halides is 2. The zero-order chi connectivity index (χ0) is 32.2. The topological polar surface area (TPSA) is 158 Å². The normalized spacial score (nSPS) is 14.0. The van der Waals surface area contributed by atoms with Crippen LogP contribution in [0.1, 0.15) is 86.8 Å². The van der Waals surface area contributed by atoms with Crippen LogP contribution in [0, 0.1) is 6.92 Å². The summed E-state index contributed by atoms with van der Waals surface area (Å²) in [4.78, 5) is 41.0. The molecular weight excluding hydrogens is 576 g/mol. The summed E-state index contributed by atoms with van der Waals surface area (Å²) < 4.78 is 34.4. The van der Waals surface area contributed by atoms with Crippen molar-refractivity contribution >= 4 is 23.5 Å². The number of benzene rings is 2. The van der Waals surface area contributed by atoms with Crippen molar-refractivity contribution in [2.24, 2.45) is 5.73 Å². The van der Waals surface area contributed by atoms with E-state index < -0.39 is 24.1 Å². The Labute approximate surface area is 252 Å². The van der Waals surface area contributed by atoms with Crippen LogP contribution in [0.4, 0.5) is 8.78 Å². The highest BCUT2D eigenvalue weighted by atomic mass is 19.3. The van der Waals surface area contributed by atoms with E-state index in [2.05, 4.69) is 20.1 Å². The van der Waals surface area contributed by atoms with Crippen LogP contribution in [0.5, 0.6) is 5.75 Å². The molecule has 0 bridgehead atoms. The van der Waals surface area contributed by atoms with Crippen LogP contribution < -0.4 is 15.8 Å². The molecular formula is C31H33F2N5O6. The van der Waals surface area contributed by atoms with Gasteiger partial charge >= 0.3 is 18.6 Å². The van der Waals surface area contributed by atoms with E-state index in [1.54, 1.807) is 18.2 Å². The zero-order valence-electron chi connectivity index (χ0n) is 24.6. The van der Waals surface area contributed by atoms with Crippen LogP contribution in [0.2, 0.25) is 0 Å². The number of nitrogens with one attached hydrogen (secondary N) is 1. The van der Waals surface area contributed by atoms with Crippen molar-refractivity contribution in [1.29, 1.82) is 0 Å². The average molecular weight is 610 g/mol. The van der Waals surface area contributed by atoms with E-state index >= 15 is 0 Å². The second kappa shape index (κ2) is 13.2. The van der Waals surface area contributed by atoms with Crippen LogP contribution in [-0.2, 0) is 17.7 Å². The molecule has 11 nitrogen and oxygen atoms in total. The summed E-state index contributed by atoms with van der Waals surface area (Å²) in [5.41, 5.74) is 8.95. The molecule has 0 radical (unpaired) electrons. The minimum atomic E-state index is -2.78. The van der Waals surface area contributed by atoms with E-state index in [4.69, 9.17) is 10.5 Å². The number of ether oxygens (including phenoxy) is 2. The summed E-state index contributed by atoms with van der Waals surface area (Å²) in [5, 5.41) is 16.4. The number of nitrogens with zero attached hydrogens (tertiary/aromatic N) is 3. The molecule has 1 atom stereocenters. The lowest BCUT2D eigenvalue weighted by atomic mass is 9.97. The molecule has 4 N–H and O–H groups in total. The van der Waals surface area contributed by atoms with Gasteiger partial charge in [0.15, 0.2) is 11.3 Å². The van der Waals surface area contributed by atoms with Gasteiger partial charge in [-0.2, -0.15) is 13.9 Å². The summed E-state index contributed by atoms with van der Waals surface area (Å²) in [5.74, 6) is -1.90. The van der Waals surface area contributed by atoms with Crippen LogP contribution in [0.25, 0.3) is 5.65 Å². The van der Waals surface area contributed by atoms with Crippen LogP contribution in [-0.4, -0.2) is 49.8 Å². The minimum absolute atomic E-state index is 0.0907. The van der Waals surface area contributed by atoms with Crippen molar-refractivity contribution in [3.63, 3.8) is 0 Å². The molecule has 232 valence electrons. The Balaban J connectivity index is 0.000000309. The van der Waals surface area contributed by atoms with Gasteiger partial charge in [0.25, 0.3) is 5.91 Å². The van der Waals surface area contributed by atoms with Crippen LogP contribution >= 0.6 is 0 Å². The van der Waals surface area contributed by atoms with Gasteiger partial charge in [-0.05, 0) is 81.0 Å². The van der Waals surface area contributed by atoms with E-state index in [0.29, 0.717) is 24.9 Å². The van der Waals surface area contributed by atoms with E-state index in [-0.39, 0.29) is 34.8 Å². The predicted molar refractivity (Wildman–Crippen MR) is 156 cm³/mol. The first-order valence-electron chi connectivity index (χ1n) is 13.8. The maximum atomic E-state index is 13.0. The maximum absolute atomic E-state index is 13.0. The number of hydrogen-bond acceptors (Lipinski definition) is 8. The number of aromatic carboxylic acids is 1. The molecule has 5 rings (SSSR count). The Kier molecular flexibility index (Phi) is 9.58. The van der Waals surface area contributed by atoms with E-state index in [0.717, 1.165) is 22.3 Å². The van der Waals surface area contributed by atoms with Gasteiger partial charge in [0.2, 0.25) is 0 Å². The molecule has 0 aliphatic heterocycles. The first kappa shape index (κ1) is 32.0. The third kappa shape index (κ3) is 7.53. The zero-order valence-corrected chi connectivity index (χ0v) is 24.6. The van der Waals surface area contributed by atoms with Crippen LogP contribution in [0.3, 0.4) is 0 Å². The maximum Gasteiger partial charge on any atom is 0.387 e. The van der Waals surface area contributed by atoms with E-state index in [9.17, 15) is 28.3 Å².